The number of fused-ring (bicyclic) bond motifs is 3. The molecule has 0 radical (unpaired) electrons. The van der Waals surface area contributed by atoms with Crippen molar-refractivity contribution in [1.82, 2.24) is 14.5 Å². The van der Waals surface area contributed by atoms with Crippen molar-refractivity contribution in [2.75, 3.05) is 38.6 Å². The topological polar surface area (TPSA) is 47.4 Å². The molecule has 158 valence electrons. The van der Waals surface area contributed by atoms with E-state index in [0.29, 0.717) is 6.54 Å². The van der Waals surface area contributed by atoms with E-state index in [2.05, 4.69) is 29.2 Å². The van der Waals surface area contributed by atoms with Crippen LogP contribution >= 0.6 is 23.1 Å². The van der Waals surface area contributed by atoms with E-state index in [9.17, 15) is 4.79 Å². The van der Waals surface area contributed by atoms with Gasteiger partial charge in [0, 0.05) is 36.8 Å². The predicted octanol–water partition coefficient (Wildman–Crippen LogP) is 3.61. The van der Waals surface area contributed by atoms with Crippen molar-refractivity contribution >= 4 is 33.3 Å². The van der Waals surface area contributed by atoms with Gasteiger partial charge in [0.15, 0.2) is 5.16 Å². The summed E-state index contributed by atoms with van der Waals surface area (Å²) in [7, 11) is 0. The first-order valence-corrected chi connectivity index (χ1v) is 12.6. The van der Waals surface area contributed by atoms with Gasteiger partial charge in [-0.3, -0.25) is 14.3 Å². The smallest absolute Gasteiger partial charge is 0.263 e. The summed E-state index contributed by atoms with van der Waals surface area (Å²) in [6.45, 7) is 5.30. The highest BCUT2D eigenvalue weighted by atomic mass is 32.2. The fraction of sp³-hybridized carbons (Fsp3) is 0.478. The molecular weight excluding hydrogens is 414 g/mol. The van der Waals surface area contributed by atoms with Gasteiger partial charge in [-0.25, -0.2) is 4.98 Å². The fourth-order valence-corrected chi connectivity index (χ4v) is 6.67. The minimum Gasteiger partial charge on any atom is -0.379 e. The van der Waals surface area contributed by atoms with Crippen LogP contribution in [0.5, 0.6) is 0 Å². The second-order valence-corrected chi connectivity index (χ2v) is 10.1. The fourth-order valence-electron chi connectivity index (χ4n) is 4.34. The van der Waals surface area contributed by atoms with Gasteiger partial charge in [0.1, 0.15) is 4.83 Å². The Labute approximate surface area is 185 Å². The number of hydrogen-bond donors (Lipinski definition) is 0. The van der Waals surface area contributed by atoms with Gasteiger partial charge in [0.2, 0.25) is 0 Å². The number of hydrogen-bond acceptors (Lipinski definition) is 6. The van der Waals surface area contributed by atoms with Crippen LogP contribution in [0.1, 0.15) is 22.4 Å². The average Bonchev–Trinajstić information content (AvgIpc) is 3.36. The number of morpholine rings is 1. The molecule has 0 atom stereocenters. The molecular formula is C23H27N3O2S2. The molecule has 2 aromatic heterocycles. The summed E-state index contributed by atoms with van der Waals surface area (Å²) in [4.78, 5) is 23.3. The zero-order chi connectivity index (χ0) is 20.3. The Bertz CT molecular complexity index is 1070. The van der Waals surface area contributed by atoms with Gasteiger partial charge >= 0.3 is 0 Å². The van der Waals surface area contributed by atoms with Crippen molar-refractivity contribution in [1.29, 1.82) is 0 Å². The van der Waals surface area contributed by atoms with Crippen molar-refractivity contribution < 1.29 is 4.74 Å². The van der Waals surface area contributed by atoms with E-state index in [1.165, 1.54) is 16.0 Å². The van der Waals surface area contributed by atoms with Crippen molar-refractivity contribution in [3.63, 3.8) is 0 Å². The van der Waals surface area contributed by atoms with Crippen LogP contribution < -0.4 is 5.56 Å². The summed E-state index contributed by atoms with van der Waals surface area (Å²) in [5.41, 5.74) is 2.68. The Hall–Kier alpha value is -1.67. The van der Waals surface area contributed by atoms with Crippen LogP contribution in [0.4, 0.5) is 0 Å². The second kappa shape index (κ2) is 9.22. The monoisotopic (exact) mass is 441 g/mol. The third-order valence-corrected chi connectivity index (χ3v) is 8.14. The van der Waals surface area contributed by atoms with E-state index < -0.39 is 0 Å². The number of thiophene rings is 1. The Morgan fingerprint density at radius 3 is 2.77 bits per heavy atom. The maximum atomic E-state index is 13.5. The van der Waals surface area contributed by atoms with E-state index in [1.807, 2.05) is 10.6 Å². The SMILES string of the molecule is O=c1c2c3c(sc2nc(SCCN2CCOCC2)n1CCc1ccccc1)CCC3. The molecule has 2 aliphatic rings. The lowest BCUT2D eigenvalue weighted by molar-refractivity contribution is 0.0410. The van der Waals surface area contributed by atoms with E-state index in [-0.39, 0.29) is 5.56 Å². The number of aromatic nitrogens is 2. The van der Waals surface area contributed by atoms with Gasteiger partial charge in [-0.1, -0.05) is 42.1 Å². The number of ether oxygens (including phenoxy) is 1. The molecule has 1 aromatic carbocycles. The molecule has 0 saturated carbocycles. The minimum atomic E-state index is 0.157. The molecule has 1 aliphatic carbocycles. The summed E-state index contributed by atoms with van der Waals surface area (Å²) < 4.78 is 7.38. The first-order valence-electron chi connectivity index (χ1n) is 10.8. The van der Waals surface area contributed by atoms with E-state index in [4.69, 9.17) is 9.72 Å². The Balaban J connectivity index is 1.42. The van der Waals surface area contributed by atoms with Gasteiger partial charge in [-0.05, 0) is 36.8 Å². The molecule has 5 rings (SSSR count). The lowest BCUT2D eigenvalue weighted by Crippen LogP contribution is -2.37. The van der Waals surface area contributed by atoms with E-state index >= 15 is 0 Å². The number of nitrogens with zero attached hydrogens (tertiary/aromatic N) is 3. The van der Waals surface area contributed by atoms with Crippen LogP contribution in [-0.2, 0) is 30.5 Å². The summed E-state index contributed by atoms with van der Waals surface area (Å²) in [5, 5.41) is 1.76. The van der Waals surface area contributed by atoms with Crippen molar-refractivity contribution in [3.05, 3.63) is 56.7 Å². The lowest BCUT2D eigenvalue weighted by Gasteiger charge is -2.26. The van der Waals surface area contributed by atoms with Crippen molar-refractivity contribution in [2.24, 2.45) is 0 Å². The summed E-state index contributed by atoms with van der Waals surface area (Å²) in [6, 6.07) is 10.4. The van der Waals surface area contributed by atoms with Crippen LogP contribution in [0.3, 0.4) is 0 Å². The van der Waals surface area contributed by atoms with Gasteiger partial charge in [0.05, 0.1) is 18.6 Å². The van der Waals surface area contributed by atoms with Crippen LogP contribution in [0, 0.1) is 0 Å². The van der Waals surface area contributed by atoms with E-state index in [1.54, 1.807) is 23.1 Å². The highest BCUT2D eigenvalue weighted by Crippen LogP contribution is 2.35. The van der Waals surface area contributed by atoms with Gasteiger partial charge in [-0.15, -0.1) is 11.3 Å². The zero-order valence-electron chi connectivity index (χ0n) is 17.1. The normalized spacial score (nSPS) is 16.9. The first kappa shape index (κ1) is 20.2. The predicted molar refractivity (Wildman–Crippen MR) is 124 cm³/mol. The van der Waals surface area contributed by atoms with Crippen LogP contribution in [-0.4, -0.2) is 53.1 Å². The third-order valence-electron chi connectivity index (χ3n) is 6.00. The molecule has 0 bridgehead atoms. The number of aryl methyl sites for hydroxylation is 3. The molecule has 1 saturated heterocycles. The van der Waals surface area contributed by atoms with Crippen LogP contribution in [0.15, 0.2) is 40.3 Å². The molecule has 7 heteroatoms. The maximum Gasteiger partial charge on any atom is 0.263 e. The average molecular weight is 442 g/mol. The van der Waals surface area contributed by atoms with Gasteiger partial charge < -0.3 is 4.74 Å². The summed E-state index contributed by atoms with van der Waals surface area (Å²) >= 11 is 3.46. The maximum absolute atomic E-state index is 13.5. The molecule has 3 heterocycles. The molecule has 1 aliphatic heterocycles. The number of benzene rings is 1. The molecule has 0 unspecified atom stereocenters. The molecule has 0 spiro atoms. The Morgan fingerprint density at radius 1 is 1.10 bits per heavy atom. The molecule has 30 heavy (non-hydrogen) atoms. The molecule has 0 N–H and O–H groups in total. The number of thioether (sulfide) groups is 1. The highest BCUT2D eigenvalue weighted by molar-refractivity contribution is 7.99. The summed E-state index contributed by atoms with van der Waals surface area (Å²) in [6.07, 6.45) is 4.13. The number of rotatable bonds is 7. The quantitative estimate of drug-likeness (QED) is 0.414. The molecule has 0 amide bonds. The standard InChI is InChI=1S/C23H27N3O2S2/c27-22-20-18-7-4-8-19(18)30-21(20)24-23(29-16-13-25-11-14-28-15-12-25)26(22)10-9-17-5-2-1-3-6-17/h1-3,5-6H,4,7-16H2. The molecule has 1 fully saturated rings. The van der Waals surface area contributed by atoms with Crippen molar-refractivity contribution in [2.45, 2.75) is 37.4 Å². The first-order chi connectivity index (χ1) is 14.8. The lowest BCUT2D eigenvalue weighted by atomic mass is 10.1. The molecule has 5 nitrogen and oxygen atoms in total. The zero-order valence-corrected chi connectivity index (χ0v) is 18.8. The Kier molecular flexibility index (Phi) is 6.22. The van der Waals surface area contributed by atoms with E-state index in [0.717, 1.165) is 79.7 Å². The summed E-state index contributed by atoms with van der Waals surface area (Å²) in [5.74, 6) is 0.939. The Morgan fingerprint density at radius 2 is 1.93 bits per heavy atom. The largest absolute Gasteiger partial charge is 0.379 e. The van der Waals surface area contributed by atoms with Crippen LogP contribution in [0.2, 0.25) is 0 Å². The van der Waals surface area contributed by atoms with Gasteiger partial charge in [-0.2, -0.15) is 0 Å². The van der Waals surface area contributed by atoms with Crippen molar-refractivity contribution in [3.8, 4) is 0 Å². The van der Waals surface area contributed by atoms with Crippen LogP contribution in [0.25, 0.3) is 10.2 Å². The second-order valence-electron chi connectivity index (χ2n) is 7.93. The highest BCUT2D eigenvalue weighted by Gasteiger charge is 2.23. The third kappa shape index (κ3) is 4.21. The van der Waals surface area contributed by atoms with Gasteiger partial charge in [0.25, 0.3) is 5.56 Å². The molecule has 3 aromatic rings. The minimum absolute atomic E-state index is 0.157.